The summed E-state index contributed by atoms with van der Waals surface area (Å²) in [5.74, 6) is 0. The predicted octanol–water partition coefficient (Wildman–Crippen LogP) is 0.396. The lowest BCUT2D eigenvalue weighted by Gasteiger charge is -1.94. The van der Waals surface area contributed by atoms with Crippen molar-refractivity contribution in [2.75, 3.05) is 14.1 Å². The van der Waals surface area contributed by atoms with E-state index in [1.54, 1.807) is 4.90 Å². The Morgan fingerprint density at radius 2 is 2.00 bits per heavy atom. The largest absolute Gasteiger partial charge is 0.338 e. The molecule has 1 nitrogen and oxygen atoms in total. The molecule has 0 amide bonds. The zero-order valence-corrected chi connectivity index (χ0v) is 4.79. The van der Waals surface area contributed by atoms with E-state index in [0.717, 1.165) is 0 Å². The first-order valence-electron chi connectivity index (χ1n) is 1.59. The Morgan fingerprint density at radius 1 is 1.50 bits per heavy atom. The number of thiol groups is 1. The van der Waals surface area contributed by atoms with Crippen LogP contribution in [0.4, 0.5) is 0 Å². The van der Waals surface area contributed by atoms with Gasteiger partial charge in [0.2, 0.25) is 0 Å². The quantitative estimate of drug-likeness (QED) is 0.262. The van der Waals surface area contributed by atoms with Crippen LogP contribution >= 0.6 is 12.6 Å². The first kappa shape index (κ1) is 5.71. The van der Waals surface area contributed by atoms with Crippen molar-refractivity contribution in [2.45, 2.75) is 0 Å². The van der Waals surface area contributed by atoms with Gasteiger partial charge in [0.1, 0.15) is 0 Å². The van der Waals surface area contributed by atoms with Crippen LogP contribution in [0.1, 0.15) is 0 Å². The number of nitrogens with zero attached hydrogens (tertiary/aromatic N) is 1. The summed E-state index contributed by atoms with van der Waals surface area (Å²) >= 11 is 3.66. The Labute approximate surface area is 43.7 Å². The molecule has 0 rings (SSSR count). The molecular formula is C4H7NS. The molecule has 0 unspecified atom stereocenters. The summed E-state index contributed by atoms with van der Waals surface area (Å²) in [4.78, 5) is 1.74. The number of hydrogen-bond acceptors (Lipinski definition) is 2. The lowest BCUT2D eigenvalue weighted by Crippen LogP contribution is -1.99. The summed E-state index contributed by atoms with van der Waals surface area (Å²) < 4.78 is 0. The normalized spacial score (nSPS) is 5.83. The molecule has 0 aromatic carbocycles. The van der Waals surface area contributed by atoms with Crippen LogP contribution in [0.25, 0.3) is 0 Å². The maximum absolute atomic E-state index is 3.66. The highest BCUT2D eigenvalue weighted by Gasteiger charge is 1.65. The van der Waals surface area contributed by atoms with Gasteiger partial charge in [0, 0.05) is 20.1 Å². The molecule has 0 fully saturated rings. The minimum absolute atomic E-state index is 1.74. The van der Waals surface area contributed by atoms with Gasteiger partial charge in [0.15, 0.2) is 0 Å². The third-order valence-electron chi connectivity index (χ3n) is 0.274. The van der Waals surface area contributed by atoms with Gasteiger partial charge in [-0.2, -0.15) is 0 Å². The molecule has 0 spiro atoms. The molecule has 0 saturated carbocycles. The van der Waals surface area contributed by atoms with E-state index >= 15 is 0 Å². The van der Waals surface area contributed by atoms with Crippen molar-refractivity contribution in [1.29, 1.82) is 0 Å². The average molecular weight is 101 g/mol. The topological polar surface area (TPSA) is 3.24 Å². The molecule has 34 valence electrons. The van der Waals surface area contributed by atoms with Crippen molar-refractivity contribution in [1.82, 2.24) is 4.90 Å². The maximum Gasteiger partial charge on any atom is 0.0186 e. The van der Waals surface area contributed by atoms with Crippen molar-refractivity contribution < 1.29 is 0 Å². The van der Waals surface area contributed by atoms with Crippen molar-refractivity contribution in [3.63, 3.8) is 0 Å². The van der Waals surface area contributed by atoms with Gasteiger partial charge < -0.3 is 4.90 Å². The molecule has 6 heavy (non-hydrogen) atoms. The van der Waals surface area contributed by atoms with E-state index in [1.807, 2.05) is 14.1 Å². The molecule has 0 aliphatic rings. The minimum Gasteiger partial charge on any atom is -0.338 e. The van der Waals surface area contributed by atoms with Gasteiger partial charge in [0.05, 0.1) is 0 Å². The van der Waals surface area contributed by atoms with Crippen LogP contribution < -0.4 is 0 Å². The van der Waals surface area contributed by atoms with Crippen LogP contribution in [0.3, 0.4) is 0 Å². The monoisotopic (exact) mass is 101 g/mol. The van der Waals surface area contributed by atoms with E-state index in [1.165, 1.54) is 0 Å². The minimum atomic E-state index is 1.74. The van der Waals surface area contributed by atoms with Gasteiger partial charge in [-0.3, -0.25) is 0 Å². The van der Waals surface area contributed by atoms with Gasteiger partial charge in [0.25, 0.3) is 0 Å². The molecule has 0 saturated heterocycles. The molecule has 0 radical (unpaired) electrons. The van der Waals surface area contributed by atoms with Gasteiger partial charge >= 0.3 is 0 Å². The Morgan fingerprint density at radius 3 is 2.00 bits per heavy atom. The third kappa shape index (κ3) is 3.71. The van der Waals surface area contributed by atoms with Crippen molar-refractivity contribution in [3.8, 4) is 11.3 Å². The molecule has 0 N–H and O–H groups in total. The van der Waals surface area contributed by atoms with E-state index in [-0.39, 0.29) is 0 Å². The molecule has 0 aliphatic carbocycles. The van der Waals surface area contributed by atoms with Crippen molar-refractivity contribution >= 4 is 12.6 Å². The van der Waals surface area contributed by atoms with Crippen LogP contribution in [0.15, 0.2) is 0 Å². The first-order chi connectivity index (χ1) is 2.77. The predicted molar refractivity (Wildman–Crippen MR) is 30.4 cm³/mol. The van der Waals surface area contributed by atoms with E-state index in [4.69, 9.17) is 0 Å². The fourth-order valence-electron chi connectivity index (χ4n) is 0.100. The maximum atomic E-state index is 3.66. The molecule has 0 aliphatic heterocycles. The lowest BCUT2D eigenvalue weighted by molar-refractivity contribution is 0.598. The van der Waals surface area contributed by atoms with E-state index in [2.05, 4.69) is 23.9 Å². The smallest absolute Gasteiger partial charge is 0.0186 e. The number of hydrogen-bond donors (Lipinski definition) is 1. The van der Waals surface area contributed by atoms with Gasteiger partial charge in [-0.1, -0.05) is 12.6 Å². The second-order valence-corrected chi connectivity index (χ2v) is 1.34. The lowest BCUT2D eigenvalue weighted by atomic mass is 10.9. The van der Waals surface area contributed by atoms with Crippen LogP contribution in [0.5, 0.6) is 0 Å². The molecule has 0 bridgehead atoms. The summed E-state index contributed by atoms with van der Waals surface area (Å²) in [6, 6.07) is 2.66. The second kappa shape index (κ2) is 2.92. The molecule has 0 aromatic rings. The van der Waals surface area contributed by atoms with Crippen LogP contribution in [0, 0.1) is 11.3 Å². The van der Waals surface area contributed by atoms with Crippen LogP contribution in [-0.4, -0.2) is 19.0 Å². The Bertz CT molecular complexity index is 77.3. The molecule has 0 heterocycles. The van der Waals surface area contributed by atoms with E-state index < -0.39 is 0 Å². The summed E-state index contributed by atoms with van der Waals surface area (Å²) in [7, 11) is 3.73. The fourth-order valence-corrected chi connectivity index (χ4v) is 0.300. The summed E-state index contributed by atoms with van der Waals surface area (Å²) in [6.07, 6.45) is 0. The molecular weight excluding hydrogens is 94.1 g/mol. The number of rotatable bonds is 0. The SMILES string of the molecule is CN(C)C#CS. The Kier molecular flexibility index (Phi) is 2.78. The first-order valence-corrected chi connectivity index (χ1v) is 2.04. The highest BCUT2D eigenvalue weighted by Crippen LogP contribution is 1.65. The average Bonchev–Trinajstić information content (AvgIpc) is 1.35. The molecule has 2 heteroatoms. The van der Waals surface area contributed by atoms with Gasteiger partial charge in [-0.25, -0.2) is 0 Å². The van der Waals surface area contributed by atoms with E-state index in [9.17, 15) is 0 Å². The highest BCUT2D eigenvalue weighted by molar-refractivity contribution is 7.85. The third-order valence-corrected chi connectivity index (χ3v) is 0.374. The van der Waals surface area contributed by atoms with E-state index in [0.29, 0.717) is 0 Å². The van der Waals surface area contributed by atoms with Crippen molar-refractivity contribution in [2.24, 2.45) is 0 Å². The van der Waals surface area contributed by atoms with Crippen LogP contribution in [0.2, 0.25) is 0 Å². The van der Waals surface area contributed by atoms with Crippen LogP contribution in [-0.2, 0) is 0 Å². The zero-order valence-electron chi connectivity index (χ0n) is 3.89. The highest BCUT2D eigenvalue weighted by atomic mass is 32.1. The second-order valence-electron chi connectivity index (χ2n) is 1.12. The van der Waals surface area contributed by atoms with Crippen molar-refractivity contribution in [3.05, 3.63) is 0 Å². The Balaban J connectivity index is 3.20. The van der Waals surface area contributed by atoms with Gasteiger partial charge in [-0.05, 0) is 5.25 Å². The summed E-state index contributed by atoms with van der Waals surface area (Å²) in [5.41, 5.74) is 0. The molecule has 0 atom stereocenters. The fraction of sp³-hybridized carbons (Fsp3) is 0.500. The standard InChI is InChI=1S/C4H7NS/c1-5(2)3-4-6/h6H,1-2H3. The molecule has 0 aromatic heterocycles. The Hall–Kier alpha value is -0.290. The summed E-state index contributed by atoms with van der Waals surface area (Å²) in [6.45, 7) is 0. The zero-order chi connectivity index (χ0) is 4.99. The van der Waals surface area contributed by atoms with Gasteiger partial charge in [-0.15, -0.1) is 0 Å². The summed E-state index contributed by atoms with van der Waals surface area (Å²) in [5, 5.41) is 2.44.